The highest BCUT2D eigenvalue weighted by molar-refractivity contribution is 9.09. The SMILES string of the molecule is CC12CC3(C)C(S)C(C)(C1S)C(Cl)C(CBr)(C2S)C3S. The van der Waals surface area contributed by atoms with Crippen molar-refractivity contribution in [3.63, 3.8) is 0 Å². The maximum Gasteiger partial charge on any atom is 0.0496 e. The predicted molar refractivity (Wildman–Crippen MR) is 106 cm³/mol. The molecule has 116 valence electrons. The van der Waals surface area contributed by atoms with E-state index in [-0.39, 0.29) is 48.0 Å². The van der Waals surface area contributed by atoms with Gasteiger partial charge in [0.2, 0.25) is 0 Å². The van der Waals surface area contributed by atoms with E-state index in [1.165, 1.54) is 0 Å². The Labute approximate surface area is 157 Å². The van der Waals surface area contributed by atoms with Gasteiger partial charge in [0.25, 0.3) is 0 Å². The van der Waals surface area contributed by atoms with Gasteiger partial charge < -0.3 is 0 Å². The van der Waals surface area contributed by atoms with Crippen LogP contribution in [0, 0.1) is 21.7 Å². The fraction of sp³-hybridized carbons (Fsp3) is 1.00. The van der Waals surface area contributed by atoms with E-state index in [1.807, 2.05) is 0 Å². The van der Waals surface area contributed by atoms with Gasteiger partial charge >= 0.3 is 0 Å². The summed E-state index contributed by atoms with van der Waals surface area (Å²) in [5, 5.41) is 1.63. The van der Waals surface area contributed by atoms with Crippen LogP contribution in [0.25, 0.3) is 0 Å². The topological polar surface area (TPSA) is 0 Å². The number of hydrogen-bond donors (Lipinski definition) is 4. The van der Waals surface area contributed by atoms with E-state index in [0.717, 1.165) is 11.8 Å². The summed E-state index contributed by atoms with van der Waals surface area (Å²) < 4.78 is 0. The van der Waals surface area contributed by atoms with E-state index in [2.05, 4.69) is 36.7 Å². The van der Waals surface area contributed by atoms with Gasteiger partial charge in [0, 0.05) is 42.5 Å². The van der Waals surface area contributed by atoms with E-state index in [9.17, 15) is 0 Å². The van der Waals surface area contributed by atoms with Crippen LogP contribution in [0.2, 0.25) is 0 Å². The highest BCUT2D eigenvalue weighted by Crippen LogP contribution is 2.78. The summed E-state index contributed by atoms with van der Waals surface area (Å²) in [6.07, 6.45) is 1.07. The van der Waals surface area contributed by atoms with Gasteiger partial charge in [-0.25, -0.2) is 0 Å². The van der Waals surface area contributed by atoms with Gasteiger partial charge in [-0.05, 0) is 17.3 Å². The first-order valence-corrected chi connectivity index (χ1v) is 10.6. The molecule has 7 atom stereocenters. The quantitative estimate of drug-likeness (QED) is 0.336. The Hall–Kier alpha value is 2.17. The van der Waals surface area contributed by atoms with Crippen LogP contribution >= 0.6 is 78.0 Å². The molecule has 0 aromatic rings. The second-order valence-electron chi connectivity index (χ2n) is 7.77. The van der Waals surface area contributed by atoms with Crippen LogP contribution in [0.15, 0.2) is 0 Å². The minimum Gasteiger partial charge on any atom is -0.175 e. The van der Waals surface area contributed by atoms with Gasteiger partial charge in [0.15, 0.2) is 0 Å². The Bertz CT molecular complexity index is 432. The van der Waals surface area contributed by atoms with Gasteiger partial charge in [-0.3, -0.25) is 0 Å². The highest BCUT2D eigenvalue weighted by Gasteiger charge is 2.80. The minimum atomic E-state index is -0.122. The van der Waals surface area contributed by atoms with Crippen molar-refractivity contribution in [2.45, 2.75) is 53.6 Å². The molecule has 0 radical (unpaired) electrons. The molecular formula is C14H22BrClS4. The molecule has 0 aliphatic heterocycles. The molecule has 4 aliphatic rings. The molecule has 0 amide bonds. The van der Waals surface area contributed by atoms with Crippen molar-refractivity contribution >= 4 is 78.0 Å². The van der Waals surface area contributed by atoms with Crippen LogP contribution in [0.3, 0.4) is 0 Å². The van der Waals surface area contributed by atoms with E-state index < -0.39 is 0 Å². The zero-order valence-corrected chi connectivity index (χ0v) is 17.8. The van der Waals surface area contributed by atoms with Crippen LogP contribution in [0.4, 0.5) is 0 Å². The van der Waals surface area contributed by atoms with Crippen LogP contribution in [0.5, 0.6) is 0 Å². The number of alkyl halides is 2. The van der Waals surface area contributed by atoms with Crippen molar-refractivity contribution in [3.05, 3.63) is 0 Å². The zero-order valence-electron chi connectivity index (χ0n) is 11.8. The largest absolute Gasteiger partial charge is 0.175 e. The molecule has 7 unspecified atom stereocenters. The van der Waals surface area contributed by atoms with E-state index >= 15 is 0 Å². The molecule has 4 saturated carbocycles. The molecule has 4 aliphatic carbocycles. The zero-order chi connectivity index (χ0) is 15.3. The smallest absolute Gasteiger partial charge is 0.0496 e. The number of rotatable bonds is 1. The van der Waals surface area contributed by atoms with Gasteiger partial charge in [-0.2, -0.15) is 50.5 Å². The lowest BCUT2D eigenvalue weighted by molar-refractivity contribution is -0.142. The van der Waals surface area contributed by atoms with Crippen molar-refractivity contribution in [2.75, 3.05) is 5.33 Å². The van der Waals surface area contributed by atoms with Crippen molar-refractivity contribution in [1.29, 1.82) is 0 Å². The summed E-state index contributed by atoms with van der Waals surface area (Å²) in [4.78, 5) is 0. The Morgan fingerprint density at radius 2 is 1.35 bits per heavy atom. The molecule has 0 heterocycles. The number of thiol groups is 4. The summed E-state index contributed by atoms with van der Waals surface area (Å²) in [5.41, 5.74) is -0.106. The molecular weight excluding hydrogens is 412 g/mol. The normalized spacial score (nSPS) is 68.5. The average Bonchev–Trinajstić information content (AvgIpc) is 2.41. The standard InChI is InChI=1S/C14H22BrClS4/c1-11-4-12(2)8(18)13(3,7(11)17)6(16)14(5-15,9(11)19)10(12)20/h6-10,17-20H,4-5H2,1-3H3. The first-order valence-electron chi connectivity index (χ1n) is 6.97. The number of halogens is 2. The van der Waals surface area contributed by atoms with Crippen LogP contribution in [-0.4, -0.2) is 31.7 Å². The summed E-state index contributed by atoms with van der Waals surface area (Å²) in [7, 11) is 0. The second-order valence-corrected chi connectivity index (χ2v) is 10.8. The van der Waals surface area contributed by atoms with Crippen molar-refractivity contribution < 1.29 is 0 Å². The lowest BCUT2D eigenvalue weighted by Gasteiger charge is -2.79. The maximum absolute atomic E-state index is 7.05. The Morgan fingerprint density at radius 3 is 1.70 bits per heavy atom. The van der Waals surface area contributed by atoms with Crippen LogP contribution in [-0.2, 0) is 0 Å². The molecule has 0 aromatic carbocycles. The predicted octanol–water partition coefficient (Wildman–Crippen LogP) is 4.62. The van der Waals surface area contributed by atoms with E-state index in [1.54, 1.807) is 0 Å². The molecule has 4 fully saturated rings. The second kappa shape index (κ2) is 4.62. The van der Waals surface area contributed by atoms with Crippen molar-refractivity contribution in [1.82, 2.24) is 0 Å². The number of hydrogen-bond acceptors (Lipinski definition) is 4. The summed E-state index contributed by atoms with van der Waals surface area (Å²) in [5.74, 6) is 0. The lowest BCUT2D eigenvalue weighted by Crippen LogP contribution is -2.83. The molecule has 4 rings (SSSR count). The first-order chi connectivity index (χ1) is 9.04. The molecule has 4 bridgehead atoms. The fourth-order valence-corrected chi connectivity index (χ4v) is 11.2. The van der Waals surface area contributed by atoms with E-state index in [0.29, 0.717) is 0 Å². The van der Waals surface area contributed by atoms with Gasteiger partial charge in [-0.15, -0.1) is 11.6 Å². The van der Waals surface area contributed by atoms with Gasteiger partial charge in [-0.1, -0.05) is 36.7 Å². The van der Waals surface area contributed by atoms with Crippen LogP contribution in [0.1, 0.15) is 27.2 Å². The van der Waals surface area contributed by atoms with Gasteiger partial charge in [0.1, 0.15) is 0 Å². The molecule has 0 saturated heterocycles. The first kappa shape index (κ1) is 17.0. The fourth-order valence-electron chi connectivity index (χ4n) is 5.80. The summed E-state index contributed by atoms with van der Waals surface area (Å²) in [6.45, 7) is 6.93. The molecule has 20 heavy (non-hydrogen) atoms. The third-order valence-electron chi connectivity index (χ3n) is 6.71. The molecule has 0 aromatic heterocycles. The molecule has 6 heteroatoms. The average molecular weight is 434 g/mol. The summed E-state index contributed by atoms with van der Waals surface area (Å²) >= 11 is 30.9. The van der Waals surface area contributed by atoms with Crippen LogP contribution < -0.4 is 0 Å². The Kier molecular flexibility index (Phi) is 3.93. The minimum absolute atomic E-state index is 0.0224. The molecule has 0 spiro atoms. The highest BCUT2D eigenvalue weighted by atomic mass is 79.9. The monoisotopic (exact) mass is 432 g/mol. The Balaban J connectivity index is 2.31. The maximum atomic E-state index is 7.05. The third kappa shape index (κ3) is 1.46. The molecule has 0 nitrogen and oxygen atoms in total. The third-order valence-corrected chi connectivity index (χ3v) is 13.0. The van der Waals surface area contributed by atoms with E-state index in [4.69, 9.17) is 62.1 Å². The summed E-state index contributed by atoms with van der Waals surface area (Å²) in [6, 6.07) is 0. The molecule has 0 N–H and O–H groups in total. The van der Waals surface area contributed by atoms with Crippen molar-refractivity contribution in [2.24, 2.45) is 21.7 Å². The van der Waals surface area contributed by atoms with Gasteiger partial charge in [0.05, 0.1) is 0 Å². The Morgan fingerprint density at radius 1 is 0.950 bits per heavy atom. The lowest BCUT2D eigenvalue weighted by atomic mass is 9.35. The van der Waals surface area contributed by atoms with Crippen molar-refractivity contribution in [3.8, 4) is 0 Å².